The number of benzene rings is 2. The predicted octanol–water partition coefficient (Wildman–Crippen LogP) is 5.64. The molecule has 1 N–H and O–H groups in total. The molecule has 4 nitrogen and oxygen atoms in total. The van der Waals surface area contributed by atoms with Crippen molar-refractivity contribution in [3.63, 3.8) is 0 Å². The van der Waals surface area contributed by atoms with Crippen molar-refractivity contribution < 1.29 is 12.8 Å². The minimum absolute atomic E-state index is 0.0528. The number of sulfonamides is 1. The topological polar surface area (TPSA) is 55.4 Å². The van der Waals surface area contributed by atoms with E-state index in [1.165, 1.54) is 0 Å². The molecule has 0 spiro atoms. The fraction of sp³-hybridized carbons (Fsp3) is 0.429. The Bertz CT molecular complexity index is 906. The highest BCUT2D eigenvalue weighted by Crippen LogP contribution is 2.37. The molecular weight excluding hydrogens is 501 g/mol. The molecule has 0 bridgehead atoms. The Morgan fingerprint density at radius 2 is 1.64 bits per heavy atom. The van der Waals surface area contributed by atoms with Crippen LogP contribution in [0.25, 0.3) is 0 Å². The molecule has 0 saturated carbocycles. The molecule has 7 heteroatoms. The summed E-state index contributed by atoms with van der Waals surface area (Å²) >= 11 is 2.24. The van der Waals surface area contributed by atoms with Gasteiger partial charge in [-0.3, -0.25) is 0 Å². The third kappa shape index (κ3) is 5.88. The van der Waals surface area contributed by atoms with E-state index in [0.29, 0.717) is 6.61 Å². The van der Waals surface area contributed by atoms with Crippen molar-refractivity contribution in [2.45, 2.75) is 56.8 Å². The molecule has 0 aliphatic carbocycles. The van der Waals surface area contributed by atoms with Gasteiger partial charge in [0.1, 0.15) is 0 Å². The minimum Gasteiger partial charge on any atom is -0.415 e. The zero-order valence-corrected chi connectivity index (χ0v) is 21.4. The lowest BCUT2D eigenvalue weighted by atomic mass is 10.1. The van der Waals surface area contributed by atoms with Crippen LogP contribution in [0.4, 0.5) is 0 Å². The summed E-state index contributed by atoms with van der Waals surface area (Å²) in [6.07, 6.45) is 0. The van der Waals surface area contributed by atoms with Crippen LogP contribution in [0.3, 0.4) is 0 Å². The fourth-order valence-electron chi connectivity index (χ4n) is 2.43. The van der Waals surface area contributed by atoms with E-state index in [9.17, 15) is 8.42 Å². The van der Waals surface area contributed by atoms with Crippen LogP contribution < -0.4 is 4.72 Å². The number of rotatable bonds is 7. The summed E-state index contributed by atoms with van der Waals surface area (Å²) in [5.41, 5.74) is 1.95. The van der Waals surface area contributed by atoms with Gasteiger partial charge in [-0.1, -0.05) is 56.7 Å². The molecule has 2 aromatic rings. The summed E-state index contributed by atoms with van der Waals surface area (Å²) in [6.45, 7) is 13.1. The quantitative estimate of drug-likeness (QED) is 0.372. The maximum absolute atomic E-state index is 13.0. The van der Waals surface area contributed by atoms with Crippen LogP contribution in [0.2, 0.25) is 18.1 Å². The van der Waals surface area contributed by atoms with E-state index in [-0.39, 0.29) is 9.93 Å². The number of aryl methyl sites for hydroxylation is 1. The van der Waals surface area contributed by atoms with Crippen LogP contribution in [0.5, 0.6) is 0 Å². The van der Waals surface area contributed by atoms with Gasteiger partial charge in [-0.05, 0) is 71.4 Å². The van der Waals surface area contributed by atoms with E-state index < -0.39 is 24.4 Å². The van der Waals surface area contributed by atoms with Crippen LogP contribution in [0.15, 0.2) is 53.4 Å². The number of hydrogen-bond donors (Lipinski definition) is 1. The van der Waals surface area contributed by atoms with Gasteiger partial charge >= 0.3 is 0 Å². The lowest BCUT2D eigenvalue weighted by Crippen LogP contribution is -2.43. The van der Waals surface area contributed by atoms with Gasteiger partial charge in [0.05, 0.1) is 17.5 Å². The molecule has 2 aromatic carbocycles. The fourth-order valence-corrected chi connectivity index (χ4v) is 5.41. The summed E-state index contributed by atoms with van der Waals surface area (Å²) in [4.78, 5) is 0.265. The standard InChI is InChI=1S/C21H30INO3SSi/c1-16-11-13-17(14-12-16)27(24,25)23-20(18-9-7-8-10-19(18)22)15-26-28(5,6)21(2,3)4/h7-14,20,23H,15H2,1-6H3/t20-/m1/s1. The van der Waals surface area contributed by atoms with E-state index in [0.717, 1.165) is 14.7 Å². The van der Waals surface area contributed by atoms with Crippen molar-refractivity contribution in [2.24, 2.45) is 0 Å². The van der Waals surface area contributed by atoms with Gasteiger partial charge < -0.3 is 4.43 Å². The van der Waals surface area contributed by atoms with Crippen LogP contribution >= 0.6 is 22.6 Å². The Morgan fingerprint density at radius 1 is 1.07 bits per heavy atom. The Labute approximate surface area is 184 Å². The van der Waals surface area contributed by atoms with E-state index in [4.69, 9.17) is 4.43 Å². The molecule has 2 rings (SSSR count). The first kappa shape index (κ1) is 23.5. The lowest BCUT2D eigenvalue weighted by molar-refractivity contribution is 0.256. The van der Waals surface area contributed by atoms with E-state index in [2.05, 4.69) is 61.2 Å². The second kappa shape index (κ2) is 8.95. The third-order valence-corrected chi connectivity index (χ3v) is 12.3. The maximum atomic E-state index is 13.0. The Morgan fingerprint density at radius 3 is 2.18 bits per heavy atom. The molecule has 154 valence electrons. The van der Waals surface area contributed by atoms with Gasteiger partial charge in [0.25, 0.3) is 0 Å². The predicted molar refractivity (Wildman–Crippen MR) is 127 cm³/mol. The lowest BCUT2D eigenvalue weighted by Gasteiger charge is -2.37. The molecule has 0 unspecified atom stereocenters. The molecule has 28 heavy (non-hydrogen) atoms. The summed E-state index contributed by atoms with van der Waals surface area (Å²) < 4.78 is 36.3. The summed E-state index contributed by atoms with van der Waals surface area (Å²) in [6, 6.07) is 14.3. The van der Waals surface area contributed by atoms with Crippen LogP contribution in [-0.2, 0) is 14.4 Å². The Balaban J connectivity index is 2.34. The Hall–Kier alpha value is -0.743. The Kier molecular flexibility index (Phi) is 7.52. The van der Waals surface area contributed by atoms with Crippen molar-refractivity contribution >= 4 is 40.9 Å². The van der Waals surface area contributed by atoms with Crippen molar-refractivity contribution in [3.8, 4) is 0 Å². The van der Waals surface area contributed by atoms with Gasteiger partial charge in [0.15, 0.2) is 8.32 Å². The average molecular weight is 532 g/mol. The molecule has 0 aliphatic rings. The van der Waals surface area contributed by atoms with Gasteiger partial charge in [-0.2, -0.15) is 0 Å². The average Bonchev–Trinajstić information content (AvgIpc) is 2.58. The van der Waals surface area contributed by atoms with Gasteiger partial charge in [0, 0.05) is 3.57 Å². The SMILES string of the molecule is Cc1ccc(S(=O)(=O)N[C@H](CO[Si](C)(C)C(C)(C)C)c2ccccc2I)cc1. The first-order valence-corrected chi connectivity index (χ1v) is 14.8. The smallest absolute Gasteiger partial charge is 0.241 e. The molecule has 0 radical (unpaired) electrons. The van der Waals surface area contributed by atoms with Gasteiger partial charge in [-0.15, -0.1) is 0 Å². The first-order chi connectivity index (χ1) is 12.8. The van der Waals surface area contributed by atoms with Crippen molar-refractivity contribution in [3.05, 3.63) is 63.2 Å². The molecule has 1 atom stereocenters. The second-order valence-electron chi connectivity index (χ2n) is 8.58. The molecule has 0 saturated heterocycles. The zero-order valence-electron chi connectivity index (χ0n) is 17.4. The summed E-state index contributed by atoms with van der Waals surface area (Å²) in [5, 5.41) is 0.0528. The summed E-state index contributed by atoms with van der Waals surface area (Å²) in [5.74, 6) is 0. The van der Waals surface area contributed by atoms with Crippen LogP contribution in [-0.4, -0.2) is 23.3 Å². The highest BCUT2D eigenvalue weighted by Gasteiger charge is 2.38. The highest BCUT2D eigenvalue weighted by atomic mass is 127. The summed E-state index contributed by atoms with van der Waals surface area (Å²) in [7, 11) is -5.68. The largest absolute Gasteiger partial charge is 0.415 e. The normalized spacial score (nSPS) is 14.1. The van der Waals surface area contributed by atoms with Gasteiger partial charge in [-0.25, -0.2) is 13.1 Å². The van der Waals surface area contributed by atoms with Crippen molar-refractivity contribution in [1.82, 2.24) is 4.72 Å². The van der Waals surface area contributed by atoms with Crippen molar-refractivity contribution in [2.75, 3.05) is 6.61 Å². The molecule has 0 amide bonds. The highest BCUT2D eigenvalue weighted by molar-refractivity contribution is 14.1. The minimum atomic E-state index is -3.66. The van der Waals surface area contributed by atoms with Crippen LogP contribution in [0.1, 0.15) is 37.9 Å². The monoisotopic (exact) mass is 531 g/mol. The van der Waals surface area contributed by atoms with E-state index in [1.54, 1.807) is 12.1 Å². The maximum Gasteiger partial charge on any atom is 0.241 e. The number of hydrogen-bond acceptors (Lipinski definition) is 3. The van der Waals surface area contributed by atoms with E-state index >= 15 is 0 Å². The first-order valence-electron chi connectivity index (χ1n) is 9.31. The molecular formula is C21H30INO3SSi. The molecule has 0 heterocycles. The third-order valence-electron chi connectivity index (χ3n) is 5.33. The molecule has 0 fully saturated rings. The second-order valence-corrected chi connectivity index (χ2v) is 16.3. The van der Waals surface area contributed by atoms with Crippen molar-refractivity contribution in [1.29, 1.82) is 0 Å². The zero-order chi connectivity index (χ0) is 21.2. The van der Waals surface area contributed by atoms with Crippen LogP contribution in [0, 0.1) is 10.5 Å². The number of halogens is 1. The van der Waals surface area contributed by atoms with Gasteiger partial charge in [0.2, 0.25) is 10.0 Å². The molecule has 0 aliphatic heterocycles. The number of nitrogens with one attached hydrogen (secondary N) is 1. The molecule has 0 aromatic heterocycles. The van der Waals surface area contributed by atoms with E-state index in [1.807, 2.05) is 43.3 Å².